The van der Waals surface area contributed by atoms with Crippen LogP contribution in [0.15, 0.2) is 83.7 Å². The summed E-state index contributed by atoms with van der Waals surface area (Å²) in [4.78, 5) is 17.7. The Morgan fingerprint density at radius 2 is 1.79 bits per heavy atom. The number of ether oxygens (including phenoxy) is 1. The molecule has 0 aliphatic carbocycles. The van der Waals surface area contributed by atoms with E-state index in [0.717, 1.165) is 27.9 Å². The molecular weight excluding hydrogens is 437 g/mol. The molecule has 4 rings (SSSR count). The lowest BCUT2D eigenvalue weighted by Crippen LogP contribution is -2.35. The summed E-state index contributed by atoms with van der Waals surface area (Å²) < 4.78 is 19.0. The number of anilines is 1. The van der Waals surface area contributed by atoms with E-state index < -0.39 is 0 Å². The molecule has 0 amide bonds. The molecule has 0 fully saturated rings. The van der Waals surface area contributed by atoms with E-state index in [0.29, 0.717) is 23.8 Å². The first kappa shape index (κ1) is 22.5. The molecule has 2 N–H and O–H groups in total. The Labute approximate surface area is 196 Å². The number of pyridine rings is 1. The summed E-state index contributed by atoms with van der Waals surface area (Å²) in [5.41, 5.74) is 2.85. The molecule has 0 atom stereocenters. The minimum absolute atomic E-state index is 0.182. The second kappa shape index (κ2) is 10.3. The molecule has 0 spiro atoms. The average Bonchev–Trinajstić information content (AvgIpc) is 2.81. The van der Waals surface area contributed by atoms with Gasteiger partial charge in [0.25, 0.3) is 5.56 Å². The van der Waals surface area contributed by atoms with Gasteiger partial charge in [0.1, 0.15) is 11.6 Å². The molecule has 0 aliphatic rings. The minimum Gasteiger partial charge on any atom is -0.494 e. The van der Waals surface area contributed by atoms with Crippen molar-refractivity contribution in [2.75, 3.05) is 11.9 Å². The summed E-state index contributed by atoms with van der Waals surface area (Å²) >= 11 is 5.68. The van der Waals surface area contributed by atoms with Crippen LogP contribution in [0.1, 0.15) is 18.1 Å². The minimum atomic E-state index is -0.300. The van der Waals surface area contributed by atoms with Gasteiger partial charge in [-0.1, -0.05) is 30.3 Å². The van der Waals surface area contributed by atoms with Crippen molar-refractivity contribution in [2.24, 2.45) is 0 Å². The van der Waals surface area contributed by atoms with Crippen molar-refractivity contribution in [3.05, 3.63) is 106 Å². The van der Waals surface area contributed by atoms with E-state index in [9.17, 15) is 9.18 Å². The first-order chi connectivity index (χ1) is 16.0. The van der Waals surface area contributed by atoms with Crippen LogP contribution in [-0.4, -0.2) is 21.6 Å². The molecule has 0 saturated heterocycles. The molecule has 3 aromatic carbocycles. The lowest BCUT2D eigenvalue weighted by Gasteiger charge is -2.26. The molecule has 5 nitrogen and oxygen atoms in total. The van der Waals surface area contributed by atoms with E-state index >= 15 is 0 Å². The van der Waals surface area contributed by atoms with Crippen LogP contribution in [0.2, 0.25) is 0 Å². The number of halogens is 1. The third-order valence-corrected chi connectivity index (χ3v) is 5.52. The van der Waals surface area contributed by atoms with Gasteiger partial charge in [0.2, 0.25) is 0 Å². The quantitative estimate of drug-likeness (QED) is 0.358. The zero-order valence-electron chi connectivity index (χ0n) is 18.2. The Kier molecular flexibility index (Phi) is 7.00. The number of para-hydroxylation sites is 1. The molecule has 0 aliphatic heterocycles. The van der Waals surface area contributed by atoms with E-state index in [2.05, 4.69) is 10.3 Å². The number of fused-ring (bicyclic) bond motifs is 1. The van der Waals surface area contributed by atoms with Gasteiger partial charge in [-0.2, -0.15) is 0 Å². The number of aromatic amines is 1. The van der Waals surface area contributed by atoms with Crippen LogP contribution < -0.4 is 15.6 Å². The Bertz CT molecular complexity index is 1310. The average molecular weight is 462 g/mol. The van der Waals surface area contributed by atoms with Gasteiger partial charge in [0.15, 0.2) is 5.11 Å². The van der Waals surface area contributed by atoms with Crippen LogP contribution in [0.4, 0.5) is 10.1 Å². The number of nitrogens with zero attached hydrogens (tertiary/aromatic N) is 1. The van der Waals surface area contributed by atoms with E-state index in [-0.39, 0.29) is 17.9 Å². The van der Waals surface area contributed by atoms with Crippen LogP contribution in [0, 0.1) is 5.82 Å². The van der Waals surface area contributed by atoms with Gasteiger partial charge >= 0.3 is 0 Å². The van der Waals surface area contributed by atoms with E-state index in [4.69, 9.17) is 17.0 Å². The zero-order chi connectivity index (χ0) is 23.2. The fourth-order valence-corrected chi connectivity index (χ4v) is 3.79. The maximum atomic E-state index is 13.4. The van der Waals surface area contributed by atoms with Crippen molar-refractivity contribution in [1.82, 2.24) is 9.88 Å². The summed E-state index contributed by atoms with van der Waals surface area (Å²) in [6, 6.07) is 23.3. The van der Waals surface area contributed by atoms with Crippen molar-refractivity contribution in [1.29, 1.82) is 0 Å². The van der Waals surface area contributed by atoms with Gasteiger partial charge in [-0.25, -0.2) is 4.39 Å². The maximum absolute atomic E-state index is 13.4. The van der Waals surface area contributed by atoms with Gasteiger partial charge in [-0.15, -0.1) is 0 Å². The van der Waals surface area contributed by atoms with E-state index in [1.807, 2.05) is 66.4 Å². The number of benzene rings is 3. The lowest BCUT2D eigenvalue weighted by molar-refractivity contribution is 0.340. The zero-order valence-corrected chi connectivity index (χ0v) is 19.0. The van der Waals surface area contributed by atoms with Crippen LogP contribution in [0.3, 0.4) is 0 Å². The molecule has 0 unspecified atom stereocenters. The monoisotopic (exact) mass is 461 g/mol. The number of hydrogen-bond donors (Lipinski definition) is 2. The Balaban J connectivity index is 1.65. The highest BCUT2D eigenvalue weighted by Crippen LogP contribution is 2.20. The first-order valence-electron chi connectivity index (χ1n) is 10.7. The molecule has 0 saturated carbocycles. The highest BCUT2D eigenvalue weighted by molar-refractivity contribution is 7.80. The van der Waals surface area contributed by atoms with Gasteiger partial charge in [-0.05, 0) is 73.2 Å². The Morgan fingerprint density at radius 3 is 2.52 bits per heavy atom. The summed E-state index contributed by atoms with van der Waals surface area (Å²) in [5, 5.41) is 4.57. The van der Waals surface area contributed by atoms with Crippen molar-refractivity contribution in [3.8, 4) is 5.75 Å². The van der Waals surface area contributed by atoms with E-state index in [1.165, 1.54) is 12.1 Å². The summed E-state index contributed by atoms with van der Waals surface area (Å²) in [5.74, 6) is 0.443. The summed E-state index contributed by atoms with van der Waals surface area (Å²) in [6.07, 6.45) is 0. The summed E-state index contributed by atoms with van der Waals surface area (Å²) in [7, 11) is 0. The number of thiocarbonyl (C=S) groups is 1. The van der Waals surface area contributed by atoms with Crippen molar-refractivity contribution >= 4 is 33.9 Å². The van der Waals surface area contributed by atoms with Crippen LogP contribution in [0.25, 0.3) is 10.9 Å². The van der Waals surface area contributed by atoms with Crippen molar-refractivity contribution < 1.29 is 9.13 Å². The molecule has 33 heavy (non-hydrogen) atoms. The second-order valence-corrected chi connectivity index (χ2v) is 7.97. The van der Waals surface area contributed by atoms with Gasteiger partial charge < -0.3 is 19.9 Å². The largest absolute Gasteiger partial charge is 0.494 e. The predicted octanol–water partition coefficient (Wildman–Crippen LogP) is 5.47. The number of nitrogens with one attached hydrogen (secondary N) is 2. The standard InChI is InChI=1S/C26H24FN3O2S/c1-2-32-23-12-13-24-19(15-23)14-20(25(31)29-24)17-30(16-18-8-10-21(27)11-9-18)26(33)28-22-6-4-3-5-7-22/h3-15H,2,16-17H2,1H3,(H,28,33)(H,29,31). The van der Waals surface area contributed by atoms with Gasteiger partial charge in [0, 0.05) is 28.7 Å². The predicted molar refractivity (Wildman–Crippen MR) is 134 cm³/mol. The normalized spacial score (nSPS) is 10.7. The number of hydrogen-bond acceptors (Lipinski definition) is 3. The first-order valence-corrected chi connectivity index (χ1v) is 11.1. The SMILES string of the molecule is CCOc1ccc2[nH]c(=O)c(CN(Cc3ccc(F)cc3)C(=S)Nc3ccccc3)cc2c1. The lowest BCUT2D eigenvalue weighted by atomic mass is 10.1. The fourth-order valence-electron chi connectivity index (χ4n) is 3.54. The van der Waals surface area contributed by atoms with E-state index in [1.54, 1.807) is 12.1 Å². The van der Waals surface area contributed by atoms with Crippen LogP contribution in [-0.2, 0) is 13.1 Å². The number of rotatable bonds is 7. The molecule has 168 valence electrons. The Morgan fingerprint density at radius 1 is 1.03 bits per heavy atom. The third-order valence-electron chi connectivity index (χ3n) is 5.16. The number of H-pyrrole nitrogens is 1. The number of aromatic nitrogens is 1. The van der Waals surface area contributed by atoms with Crippen LogP contribution >= 0.6 is 12.2 Å². The van der Waals surface area contributed by atoms with Gasteiger partial charge in [0.05, 0.1) is 13.2 Å². The fraction of sp³-hybridized carbons (Fsp3) is 0.154. The smallest absolute Gasteiger partial charge is 0.253 e. The molecular formula is C26H24FN3O2S. The molecule has 1 heterocycles. The topological polar surface area (TPSA) is 57.4 Å². The second-order valence-electron chi connectivity index (χ2n) is 7.58. The van der Waals surface area contributed by atoms with Gasteiger partial charge in [-0.3, -0.25) is 4.79 Å². The summed E-state index contributed by atoms with van der Waals surface area (Å²) in [6.45, 7) is 3.18. The highest BCUT2D eigenvalue weighted by Gasteiger charge is 2.15. The molecule has 0 bridgehead atoms. The Hall–Kier alpha value is -3.71. The molecule has 1 aromatic heterocycles. The molecule has 0 radical (unpaired) electrons. The molecule has 7 heteroatoms. The molecule has 4 aromatic rings. The maximum Gasteiger partial charge on any atom is 0.253 e. The third kappa shape index (κ3) is 5.75. The van der Waals surface area contributed by atoms with Crippen LogP contribution in [0.5, 0.6) is 5.75 Å². The van der Waals surface area contributed by atoms with Crippen molar-refractivity contribution in [2.45, 2.75) is 20.0 Å². The van der Waals surface area contributed by atoms with Crippen molar-refractivity contribution in [3.63, 3.8) is 0 Å². The highest BCUT2D eigenvalue weighted by atomic mass is 32.1.